The van der Waals surface area contributed by atoms with Gasteiger partial charge in [-0.25, -0.2) is 4.98 Å². The maximum Gasteiger partial charge on any atom is 0.215 e. The highest BCUT2D eigenvalue weighted by Crippen LogP contribution is 2.21. The number of nitrogens with one attached hydrogen (secondary N) is 1. The third-order valence-electron chi connectivity index (χ3n) is 3.19. The molecule has 104 valence electrons. The van der Waals surface area contributed by atoms with Gasteiger partial charge in [0, 0.05) is 18.5 Å². The summed E-state index contributed by atoms with van der Waals surface area (Å²) in [5.41, 5.74) is 7.83. The predicted molar refractivity (Wildman–Crippen MR) is 76.2 cm³/mol. The van der Waals surface area contributed by atoms with Crippen LogP contribution < -0.4 is 10.5 Å². The molecule has 0 bridgehead atoms. The molecule has 0 saturated heterocycles. The second-order valence-corrected chi connectivity index (χ2v) is 5.81. The molecule has 3 N–H and O–H groups in total. The van der Waals surface area contributed by atoms with E-state index in [0.717, 1.165) is 11.3 Å². The summed E-state index contributed by atoms with van der Waals surface area (Å²) in [5.74, 6) is 1.48. The van der Waals surface area contributed by atoms with Crippen LogP contribution in [0.4, 0.5) is 0 Å². The Bertz CT molecular complexity index is 556. The fraction of sp³-hybridized carbons (Fsp3) is 0.571. The van der Waals surface area contributed by atoms with Crippen LogP contribution in [0.5, 0.6) is 5.88 Å². The minimum Gasteiger partial charge on any atom is -0.478 e. The van der Waals surface area contributed by atoms with Gasteiger partial charge in [0.15, 0.2) is 5.65 Å². The topological polar surface area (TPSA) is 76.8 Å². The summed E-state index contributed by atoms with van der Waals surface area (Å²) in [5, 5.41) is 0. The van der Waals surface area contributed by atoms with Gasteiger partial charge in [0.25, 0.3) is 0 Å². The van der Waals surface area contributed by atoms with Crippen molar-refractivity contribution in [1.82, 2.24) is 15.0 Å². The van der Waals surface area contributed by atoms with E-state index in [9.17, 15) is 0 Å². The summed E-state index contributed by atoms with van der Waals surface area (Å²) in [6, 6.07) is 3.84. The normalized spacial score (nSPS) is 13.7. The lowest BCUT2D eigenvalue weighted by Gasteiger charge is -2.26. The van der Waals surface area contributed by atoms with Crippen LogP contribution >= 0.6 is 0 Å². The van der Waals surface area contributed by atoms with E-state index in [4.69, 9.17) is 10.5 Å². The van der Waals surface area contributed by atoms with Crippen molar-refractivity contribution in [2.24, 2.45) is 11.1 Å². The molecule has 2 rings (SSSR count). The van der Waals surface area contributed by atoms with Gasteiger partial charge in [-0.1, -0.05) is 20.8 Å². The van der Waals surface area contributed by atoms with Crippen LogP contribution in [0.2, 0.25) is 0 Å². The molecular weight excluding hydrogens is 240 g/mol. The van der Waals surface area contributed by atoms with Crippen LogP contribution in [-0.2, 0) is 6.42 Å². The summed E-state index contributed by atoms with van der Waals surface area (Å²) >= 11 is 0. The Morgan fingerprint density at radius 3 is 2.68 bits per heavy atom. The predicted octanol–water partition coefficient (Wildman–Crippen LogP) is 2.27. The number of fused-ring (bicyclic) bond motifs is 1. The summed E-state index contributed by atoms with van der Waals surface area (Å²) in [6.07, 6.45) is 0.712. The van der Waals surface area contributed by atoms with Crippen LogP contribution in [0.3, 0.4) is 0 Å². The lowest BCUT2D eigenvalue weighted by molar-refractivity contribution is 0.315. The lowest BCUT2D eigenvalue weighted by Crippen LogP contribution is -2.37. The Balaban J connectivity index is 2.22. The molecule has 1 atom stereocenters. The van der Waals surface area contributed by atoms with Crippen LogP contribution in [0.1, 0.15) is 33.5 Å². The van der Waals surface area contributed by atoms with Gasteiger partial charge in [0.05, 0.1) is 12.1 Å². The fourth-order valence-corrected chi connectivity index (χ4v) is 1.76. The number of ether oxygens (including phenoxy) is 1. The first-order valence-corrected chi connectivity index (χ1v) is 6.64. The quantitative estimate of drug-likeness (QED) is 0.886. The zero-order valence-electron chi connectivity index (χ0n) is 12.0. The number of hydrogen-bond acceptors (Lipinski definition) is 4. The second kappa shape index (κ2) is 5.17. The number of rotatable bonds is 4. The number of pyridine rings is 1. The Morgan fingerprint density at radius 1 is 1.32 bits per heavy atom. The van der Waals surface area contributed by atoms with Crippen LogP contribution in [0.25, 0.3) is 11.2 Å². The molecule has 0 fully saturated rings. The third kappa shape index (κ3) is 3.23. The second-order valence-electron chi connectivity index (χ2n) is 5.81. The molecule has 2 heterocycles. The van der Waals surface area contributed by atoms with Gasteiger partial charge >= 0.3 is 0 Å². The monoisotopic (exact) mass is 262 g/mol. The number of nitrogens with two attached hydrogens (primary N) is 1. The Labute approximate surface area is 113 Å². The molecule has 0 aromatic carbocycles. The molecule has 0 aliphatic heterocycles. The average molecular weight is 262 g/mol. The van der Waals surface area contributed by atoms with Gasteiger partial charge < -0.3 is 15.5 Å². The van der Waals surface area contributed by atoms with Gasteiger partial charge in [-0.15, -0.1) is 0 Å². The molecule has 0 radical (unpaired) electrons. The standard InChI is InChI=1S/C14H22N4O/c1-5-19-12-7-6-9-13(18-12)17-11(16-9)8-10(15)14(2,3)4/h6-7,10H,5,8,15H2,1-4H3,(H,16,17,18). The van der Waals surface area contributed by atoms with E-state index in [2.05, 4.69) is 35.7 Å². The van der Waals surface area contributed by atoms with Crippen molar-refractivity contribution in [2.45, 2.75) is 40.2 Å². The maximum atomic E-state index is 6.18. The van der Waals surface area contributed by atoms with E-state index in [1.54, 1.807) is 0 Å². The molecule has 0 saturated carbocycles. The van der Waals surface area contributed by atoms with Crippen LogP contribution in [0, 0.1) is 5.41 Å². The SMILES string of the molecule is CCOc1ccc2[nH]c(CC(N)C(C)(C)C)nc2n1. The van der Waals surface area contributed by atoms with Gasteiger partial charge in [-0.05, 0) is 18.4 Å². The number of hydrogen-bond donors (Lipinski definition) is 2. The molecule has 0 aliphatic rings. The van der Waals surface area contributed by atoms with Gasteiger partial charge in [0.2, 0.25) is 5.88 Å². The molecule has 0 amide bonds. The third-order valence-corrected chi connectivity index (χ3v) is 3.19. The number of imidazole rings is 1. The van der Waals surface area contributed by atoms with E-state index in [0.29, 0.717) is 24.6 Å². The molecule has 0 aliphatic carbocycles. The van der Waals surface area contributed by atoms with Crippen LogP contribution in [0.15, 0.2) is 12.1 Å². The molecule has 5 heteroatoms. The average Bonchev–Trinajstić information content (AvgIpc) is 2.69. The minimum absolute atomic E-state index is 0.0550. The summed E-state index contributed by atoms with van der Waals surface area (Å²) < 4.78 is 5.37. The van der Waals surface area contributed by atoms with Crippen molar-refractivity contribution in [2.75, 3.05) is 6.61 Å². The zero-order chi connectivity index (χ0) is 14.0. The number of H-pyrrole nitrogens is 1. The molecule has 19 heavy (non-hydrogen) atoms. The van der Waals surface area contributed by atoms with Crippen molar-refractivity contribution >= 4 is 11.2 Å². The van der Waals surface area contributed by atoms with Crippen molar-refractivity contribution in [3.8, 4) is 5.88 Å². The smallest absolute Gasteiger partial charge is 0.215 e. The molecular formula is C14H22N4O. The maximum absolute atomic E-state index is 6.18. The number of aromatic nitrogens is 3. The van der Waals surface area contributed by atoms with E-state index in [1.807, 2.05) is 19.1 Å². The lowest BCUT2D eigenvalue weighted by atomic mass is 9.85. The zero-order valence-corrected chi connectivity index (χ0v) is 12.0. The van der Waals surface area contributed by atoms with Gasteiger partial charge in [0.1, 0.15) is 5.82 Å². The molecule has 1 unspecified atom stereocenters. The minimum atomic E-state index is 0.0550. The van der Waals surface area contributed by atoms with Crippen molar-refractivity contribution in [1.29, 1.82) is 0 Å². The van der Waals surface area contributed by atoms with Crippen molar-refractivity contribution in [3.63, 3.8) is 0 Å². The molecule has 5 nitrogen and oxygen atoms in total. The summed E-state index contributed by atoms with van der Waals surface area (Å²) in [6.45, 7) is 8.93. The van der Waals surface area contributed by atoms with E-state index < -0.39 is 0 Å². The number of aromatic amines is 1. The summed E-state index contributed by atoms with van der Waals surface area (Å²) in [4.78, 5) is 12.1. The van der Waals surface area contributed by atoms with E-state index >= 15 is 0 Å². The summed E-state index contributed by atoms with van der Waals surface area (Å²) in [7, 11) is 0. The van der Waals surface area contributed by atoms with Gasteiger partial charge in [-0.3, -0.25) is 0 Å². The first-order chi connectivity index (χ1) is 8.90. The highest BCUT2D eigenvalue weighted by molar-refractivity contribution is 5.71. The first kappa shape index (κ1) is 13.8. The largest absolute Gasteiger partial charge is 0.478 e. The molecule has 0 spiro atoms. The number of nitrogens with zero attached hydrogens (tertiary/aromatic N) is 2. The van der Waals surface area contributed by atoms with Crippen molar-refractivity contribution in [3.05, 3.63) is 18.0 Å². The Kier molecular flexibility index (Phi) is 3.75. The van der Waals surface area contributed by atoms with E-state index in [-0.39, 0.29) is 11.5 Å². The van der Waals surface area contributed by atoms with Gasteiger partial charge in [-0.2, -0.15) is 4.98 Å². The first-order valence-electron chi connectivity index (χ1n) is 6.64. The molecule has 2 aromatic rings. The highest BCUT2D eigenvalue weighted by atomic mass is 16.5. The highest BCUT2D eigenvalue weighted by Gasteiger charge is 2.22. The van der Waals surface area contributed by atoms with E-state index in [1.165, 1.54) is 0 Å². The fourth-order valence-electron chi connectivity index (χ4n) is 1.76. The Morgan fingerprint density at radius 2 is 2.05 bits per heavy atom. The Hall–Kier alpha value is -1.62. The van der Waals surface area contributed by atoms with Crippen LogP contribution in [-0.4, -0.2) is 27.6 Å². The molecule has 2 aromatic heterocycles. The van der Waals surface area contributed by atoms with Crippen molar-refractivity contribution < 1.29 is 4.74 Å².